The number of aromatic amines is 1. The molecule has 3 aliphatic rings. The van der Waals surface area contributed by atoms with Gasteiger partial charge in [-0.05, 0) is 62.0 Å². The Hall–Kier alpha value is -4.27. The first-order valence-corrected chi connectivity index (χ1v) is 14.6. The lowest BCUT2D eigenvalue weighted by Gasteiger charge is -2.35. The van der Waals surface area contributed by atoms with Crippen LogP contribution in [-0.2, 0) is 4.74 Å². The van der Waals surface area contributed by atoms with Crippen LogP contribution in [0.25, 0.3) is 22.4 Å². The van der Waals surface area contributed by atoms with Gasteiger partial charge in [-0.15, -0.1) is 0 Å². The molecule has 7 rings (SSSR count). The van der Waals surface area contributed by atoms with Crippen molar-refractivity contribution in [3.05, 3.63) is 60.4 Å². The fourth-order valence-corrected chi connectivity index (χ4v) is 6.26. The van der Waals surface area contributed by atoms with Crippen LogP contribution in [0.15, 0.2) is 54.7 Å². The number of likely N-dealkylation sites (tertiary alicyclic amines) is 1. The molecule has 230 valence electrons. The number of morpholine rings is 1. The maximum atomic E-state index is 14.6. The molecule has 3 aliphatic heterocycles. The topological polar surface area (TPSA) is 115 Å². The summed E-state index contributed by atoms with van der Waals surface area (Å²) in [5, 5.41) is 12.5. The van der Waals surface area contributed by atoms with Gasteiger partial charge in [0.05, 0.1) is 30.0 Å². The number of halogens is 3. The zero-order chi connectivity index (χ0) is 30.4. The summed E-state index contributed by atoms with van der Waals surface area (Å²) < 4.78 is 49.3. The number of anilines is 3. The predicted molar refractivity (Wildman–Crippen MR) is 160 cm³/mol. The summed E-state index contributed by atoms with van der Waals surface area (Å²) in [6.07, 6.45) is -2.86. The van der Waals surface area contributed by atoms with E-state index in [-0.39, 0.29) is 47.8 Å². The number of H-pyrrole nitrogens is 1. The third-order valence-electron chi connectivity index (χ3n) is 8.58. The molecule has 14 heteroatoms. The number of hydrogen-bond donors (Lipinski definition) is 3. The number of aromatic nitrogens is 4. The SMILES string of the molecule is CN1CCN(c2ccc(NC(=O)Nc3ccc(-c4nc(C(N5C[C@@H]6C[C@H]5CO6)C(F)(F)F)c5cn[nH]c5n4)cc3)cc2)CC1. The number of nitrogens with one attached hydrogen (secondary N) is 3. The van der Waals surface area contributed by atoms with Crippen LogP contribution in [-0.4, -0.2) is 101 Å². The van der Waals surface area contributed by atoms with Crippen LogP contribution in [0.4, 0.5) is 35.0 Å². The number of likely N-dealkylation sites (N-methyl/N-ethyl adjacent to an activating group) is 1. The molecule has 3 saturated heterocycles. The van der Waals surface area contributed by atoms with Gasteiger partial charge >= 0.3 is 12.2 Å². The number of ether oxygens (including phenoxy) is 1. The largest absolute Gasteiger partial charge is 0.409 e. The normalized spacial score (nSPS) is 21.6. The molecule has 4 aromatic rings. The number of alkyl halides is 3. The number of piperazine rings is 1. The molecule has 44 heavy (non-hydrogen) atoms. The number of hydrogen-bond acceptors (Lipinski definition) is 8. The number of rotatable bonds is 6. The fourth-order valence-electron chi connectivity index (χ4n) is 6.26. The van der Waals surface area contributed by atoms with E-state index in [9.17, 15) is 18.0 Å². The van der Waals surface area contributed by atoms with Crippen molar-refractivity contribution in [2.45, 2.75) is 30.8 Å². The van der Waals surface area contributed by atoms with Crippen molar-refractivity contribution in [1.29, 1.82) is 0 Å². The zero-order valence-electron chi connectivity index (χ0n) is 24.0. The third-order valence-corrected chi connectivity index (χ3v) is 8.58. The van der Waals surface area contributed by atoms with E-state index in [4.69, 9.17) is 4.74 Å². The van der Waals surface area contributed by atoms with Gasteiger partial charge in [0.1, 0.15) is 0 Å². The molecular formula is C30H32F3N9O2. The fraction of sp³-hybridized carbons (Fsp3) is 0.400. The van der Waals surface area contributed by atoms with E-state index in [1.54, 1.807) is 24.3 Å². The number of amides is 2. The lowest BCUT2D eigenvalue weighted by Crippen LogP contribution is -2.46. The molecule has 2 bridgehead atoms. The van der Waals surface area contributed by atoms with Crippen LogP contribution in [0.2, 0.25) is 0 Å². The Bertz CT molecular complexity index is 1640. The summed E-state index contributed by atoms with van der Waals surface area (Å²) in [6.45, 7) is 4.40. The predicted octanol–water partition coefficient (Wildman–Crippen LogP) is 4.49. The average molecular weight is 608 g/mol. The molecule has 2 amide bonds. The van der Waals surface area contributed by atoms with Gasteiger partial charge in [-0.1, -0.05) is 0 Å². The Morgan fingerprint density at radius 3 is 2.30 bits per heavy atom. The quantitative estimate of drug-likeness (QED) is 0.294. The van der Waals surface area contributed by atoms with E-state index in [0.29, 0.717) is 23.4 Å². The van der Waals surface area contributed by atoms with Crippen LogP contribution >= 0.6 is 0 Å². The monoisotopic (exact) mass is 607 g/mol. The van der Waals surface area contributed by atoms with Crippen molar-refractivity contribution in [3.63, 3.8) is 0 Å². The molecular weight excluding hydrogens is 575 g/mol. The Kier molecular flexibility index (Phi) is 7.34. The molecule has 3 N–H and O–H groups in total. The highest BCUT2D eigenvalue weighted by molar-refractivity contribution is 6.00. The van der Waals surface area contributed by atoms with Gasteiger partial charge < -0.3 is 25.2 Å². The van der Waals surface area contributed by atoms with Gasteiger partial charge in [-0.2, -0.15) is 18.3 Å². The maximum absolute atomic E-state index is 14.6. The van der Waals surface area contributed by atoms with Crippen LogP contribution in [0, 0.1) is 0 Å². The van der Waals surface area contributed by atoms with Crippen LogP contribution in [0.3, 0.4) is 0 Å². The molecule has 5 heterocycles. The highest BCUT2D eigenvalue weighted by Crippen LogP contribution is 2.45. The Labute approximate surface area is 251 Å². The van der Waals surface area contributed by atoms with E-state index in [0.717, 1.165) is 31.9 Å². The zero-order valence-corrected chi connectivity index (χ0v) is 24.0. The highest BCUT2D eigenvalue weighted by Gasteiger charge is 2.53. The Morgan fingerprint density at radius 2 is 1.68 bits per heavy atom. The van der Waals surface area contributed by atoms with Gasteiger partial charge in [0.2, 0.25) is 0 Å². The second kappa shape index (κ2) is 11.3. The molecule has 11 nitrogen and oxygen atoms in total. The Morgan fingerprint density at radius 1 is 1.00 bits per heavy atom. The molecule has 3 fully saturated rings. The first-order chi connectivity index (χ1) is 21.2. The van der Waals surface area contributed by atoms with Crippen molar-refractivity contribution in [2.24, 2.45) is 0 Å². The van der Waals surface area contributed by atoms with Gasteiger partial charge in [0.25, 0.3) is 0 Å². The van der Waals surface area contributed by atoms with Crippen molar-refractivity contribution >= 4 is 34.1 Å². The smallest absolute Gasteiger partial charge is 0.375 e. The molecule has 0 spiro atoms. The van der Waals surface area contributed by atoms with Crippen LogP contribution in [0.1, 0.15) is 18.2 Å². The van der Waals surface area contributed by atoms with Crippen molar-refractivity contribution in [1.82, 2.24) is 30.0 Å². The summed E-state index contributed by atoms with van der Waals surface area (Å²) in [4.78, 5) is 27.6. The summed E-state index contributed by atoms with van der Waals surface area (Å²) in [6, 6.07) is 11.7. The molecule has 0 radical (unpaired) electrons. The van der Waals surface area contributed by atoms with Crippen molar-refractivity contribution in [3.8, 4) is 11.4 Å². The van der Waals surface area contributed by atoms with Crippen LogP contribution < -0.4 is 15.5 Å². The number of fused-ring (bicyclic) bond motifs is 3. The van der Waals surface area contributed by atoms with Gasteiger partial charge in [0.15, 0.2) is 17.5 Å². The summed E-state index contributed by atoms with van der Waals surface area (Å²) >= 11 is 0. The Balaban J connectivity index is 1.06. The molecule has 2 aromatic heterocycles. The minimum Gasteiger partial charge on any atom is -0.375 e. The number of carbonyl (C=O) groups is 1. The molecule has 3 atom stereocenters. The van der Waals surface area contributed by atoms with Gasteiger partial charge in [-0.3, -0.25) is 10.00 Å². The average Bonchev–Trinajstić information content (AvgIpc) is 3.76. The first kappa shape index (κ1) is 28.5. The van der Waals surface area contributed by atoms with Crippen molar-refractivity contribution < 1.29 is 22.7 Å². The van der Waals surface area contributed by atoms with Crippen LogP contribution in [0.5, 0.6) is 0 Å². The van der Waals surface area contributed by atoms with Gasteiger partial charge in [-0.25, -0.2) is 14.8 Å². The van der Waals surface area contributed by atoms with E-state index < -0.39 is 18.2 Å². The molecule has 2 aromatic carbocycles. The summed E-state index contributed by atoms with van der Waals surface area (Å²) in [5.41, 5.74) is 2.85. The van der Waals surface area contributed by atoms with E-state index >= 15 is 0 Å². The summed E-state index contributed by atoms with van der Waals surface area (Å²) in [7, 11) is 2.11. The summed E-state index contributed by atoms with van der Waals surface area (Å²) in [5.74, 6) is 0.128. The van der Waals surface area contributed by atoms with E-state index in [1.807, 2.05) is 24.3 Å². The number of carbonyl (C=O) groups excluding carboxylic acids is 1. The van der Waals surface area contributed by atoms with Crippen molar-refractivity contribution in [2.75, 3.05) is 61.9 Å². The standard InChI is InChI=1S/C30H32F3N9O2/c1-40-10-12-41(13-11-40)21-8-6-20(7-9-21)36-29(43)35-19-4-2-18(3-5-19)27-37-25(24-15-34-39-28(24)38-27)26(30(31,32)33)42-16-23-14-22(42)17-44-23/h2-9,15,22-23,26H,10-14,16-17H2,1H3,(H2,35,36,43)(H,34,37,38,39)/t22-,23-,26?/m0/s1. The molecule has 0 saturated carbocycles. The van der Waals surface area contributed by atoms with E-state index in [2.05, 4.69) is 47.6 Å². The lowest BCUT2D eigenvalue weighted by molar-refractivity contribution is -0.196. The lowest BCUT2D eigenvalue weighted by atomic mass is 10.1. The molecule has 0 aliphatic carbocycles. The third kappa shape index (κ3) is 5.67. The minimum atomic E-state index is -4.56. The number of benzene rings is 2. The van der Waals surface area contributed by atoms with E-state index in [1.165, 1.54) is 11.1 Å². The number of urea groups is 1. The maximum Gasteiger partial charge on any atom is 0.409 e. The number of nitrogens with zero attached hydrogens (tertiary/aromatic N) is 6. The molecule has 1 unspecified atom stereocenters. The second-order valence-corrected chi connectivity index (χ2v) is 11.5. The minimum absolute atomic E-state index is 0.128. The second-order valence-electron chi connectivity index (χ2n) is 11.5. The van der Waals surface area contributed by atoms with Gasteiger partial charge in [0, 0.05) is 61.4 Å². The highest BCUT2D eigenvalue weighted by atomic mass is 19.4. The first-order valence-electron chi connectivity index (χ1n) is 14.6.